The van der Waals surface area contributed by atoms with Crippen molar-refractivity contribution >= 4 is 37.4 Å². The molecule has 0 unspecified atom stereocenters. The van der Waals surface area contributed by atoms with Crippen molar-refractivity contribution in [2.75, 3.05) is 25.0 Å². The SMILES string of the molecule is CCc1nc(N2CC[C@H](S(=O)(=O)NC)C2)c2ccsc2n1. The van der Waals surface area contributed by atoms with E-state index >= 15 is 0 Å². The maximum Gasteiger partial charge on any atom is 0.216 e. The zero-order valence-corrected chi connectivity index (χ0v) is 13.7. The number of aryl methyl sites for hydroxylation is 1. The van der Waals surface area contributed by atoms with Crippen molar-refractivity contribution in [3.05, 3.63) is 17.3 Å². The van der Waals surface area contributed by atoms with Crippen LogP contribution in [0, 0.1) is 0 Å². The minimum atomic E-state index is -3.23. The quantitative estimate of drug-likeness (QED) is 0.919. The van der Waals surface area contributed by atoms with E-state index in [0.29, 0.717) is 19.5 Å². The molecule has 0 spiro atoms. The molecule has 21 heavy (non-hydrogen) atoms. The van der Waals surface area contributed by atoms with E-state index in [1.54, 1.807) is 11.3 Å². The van der Waals surface area contributed by atoms with Crippen molar-refractivity contribution in [1.82, 2.24) is 14.7 Å². The van der Waals surface area contributed by atoms with Crippen molar-refractivity contribution in [2.45, 2.75) is 25.0 Å². The summed E-state index contributed by atoms with van der Waals surface area (Å²) in [6.45, 7) is 3.21. The maximum absolute atomic E-state index is 11.9. The Morgan fingerprint density at radius 2 is 2.29 bits per heavy atom. The molecule has 1 N–H and O–H groups in total. The summed E-state index contributed by atoms with van der Waals surface area (Å²) in [4.78, 5) is 12.2. The maximum atomic E-state index is 11.9. The van der Waals surface area contributed by atoms with Crippen LogP contribution in [-0.2, 0) is 16.4 Å². The molecule has 6 nitrogen and oxygen atoms in total. The van der Waals surface area contributed by atoms with Crippen LogP contribution in [-0.4, -0.2) is 43.8 Å². The Morgan fingerprint density at radius 3 is 3.00 bits per heavy atom. The highest BCUT2D eigenvalue weighted by Crippen LogP contribution is 2.31. The predicted octanol–water partition coefficient (Wildman–Crippen LogP) is 1.38. The van der Waals surface area contributed by atoms with Gasteiger partial charge in [-0.05, 0) is 24.9 Å². The van der Waals surface area contributed by atoms with Crippen LogP contribution in [0.5, 0.6) is 0 Å². The van der Waals surface area contributed by atoms with Gasteiger partial charge in [0, 0.05) is 19.5 Å². The number of thiophene rings is 1. The van der Waals surface area contributed by atoms with Crippen molar-refractivity contribution in [2.24, 2.45) is 0 Å². The third-order valence-electron chi connectivity index (χ3n) is 3.84. The second-order valence-corrected chi connectivity index (χ2v) is 8.12. The van der Waals surface area contributed by atoms with Crippen LogP contribution in [0.15, 0.2) is 11.4 Å². The Balaban J connectivity index is 1.96. The van der Waals surface area contributed by atoms with Crippen LogP contribution in [0.25, 0.3) is 10.2 Å². The topological polar surface area (TPSA) is 75.2 Å². The van der Waals surface area contributed by atoms with Gasteiger partial charge in [-0.2, -0.15) is 0 Å². The zero-order chi connectivity index (χ0) is 15.0. The molecule has 1 aliphatic rings. The fourth-order valence-corrected chi connectivity index (χ4v) is 4.53. The Bertz CT molecular complexity index is 757. The third-order valence-corrected chi connectivity index (χ3v) is 6.47. The van der Waals surface area contributed by atoms with E-state index in [1.165, 1.54) is 7.05 Å². The normalized spacial score (nSPS) is 19.5. The molecule has 0 aliphatic carbocycles. The molecule has 0 bridgehead atoms. The minimum absolute atomic E-state index is 0.378. The summed E-state index contributed by atoms with van der Waals surface area (Å²) in [6.07, 6.45) is 1.40. The van der Waals surface area contributed by atoms with Gasteiger partial charge in [-0.25, -0.2) is 23.1 Å². The van der Waals surface area contributed by atoms with E-state index in [9.17, 15) is 8.42 Å². The number of nitrogens with one attached hydrogen (secondary N) is 1. The molecule has 114 valence electrons. The van der Waals surface area contributed by atoms with Crippen LogP contribution in [0.2, 0.25) is 0 Å². The fourth-order valence-electron chi connectivity index (χ4n) is 2.62. The van der Waals surface area contributed by atoms with Crippen molar-refractivity contribution in [1.29, 1.82) is 0 Å². The van der Waals surface area contributed by atoms with Gasteiger partial charge in [0.25, 0.3) is 0 Å². The number of fused-ring (bicyclic) bond motifs is 1. The summed E-state index contributed by atoms with van der Waals surface area (Å²) in [5.41, 5.74) is 0. The predicted molar refractivity (Wildman–Crippen MR) is 85.4 cm³/mol. The first-order valence-electron chi connectivity index (χ1n) is 6.96. The highest BCUT2D eigenvalue weighted by Gasteiger charge is 2.33. The first-order chi connectivity index (χ1) is 10.0. The first-order valence-corrected chi connectivity index (χ1v) is 9.39. The van der Waals surface area contributed by atoms with Crippen molar-refractivity contribution in [3.63, 3.8) is 0 Å². The first kappa shape index (κ1) is 14.7. The molecule has 1 aliphatic heterocycles. The lowest BCUT2D eigenvalue weighted by atomic mass is 10.3. The molecule has 0 aromatic carbocycles. The van der Waals surface area contributed by atoms with Gasteiger partial charge in [0.05, 0.1) is 10.6 Å². The molecule has 2 aromatic rings. The lowest BCUT2D eigenvalue weighted by Crippen LogP contribution is -2.34. The van der Waals surface area contributed by atoms with Gasteiger partial charge < -0.3 is 4.90 Å². The number of anilines is 1. The highest BCUT2D eigenvalue weighted by atomic mass is 32.2. The molecule has 0 saturated carbocycles. The lowest BCUT2D eigenvalue weighted by Gasteiger charge is -2.19. The molecule has 8 heteroatoms. The van der Waals surface area contributed by atoms with E-state index in [-0.39, 0.29) is 5.25 Å². The average Bonchev–Trinajstić information content (AvgIpc) is 3.15. The number of aromatic nitrogens is 2. The van der Waals surface area contributed by atoms with E-state index < -0.39 is 10.0 Å². The molecule has 3 heterocycles. The van der Waals surface area contributed by atoms with Crippen LogP contribution in [0.1, 0.15) is 19.2 Å². The summed E-state index contributed by atoms with van der Waals surface area (Å²) in [6, 6.07) is 2.01. The monoisotopic (exact) mass is 326 g/mol. The minimum Gasteiger partial charge on any atom is -0.355 e. The van der Waals surface area contributed by atoms with Gasteiger partial charge in [-0.3, -0.25) is 0 Å². The second kappa shape index (κ2) is 5.51. The number of hydrogen-bond donors (Lipinski definition) is 1. The van der Waals surface area contributed by atoms with Gasteiger partial charge in [0.15, 0.2) is 0 Å². The average molecular weight is 326 g/mol. The molecule has 0 radical (unpaired) electrons. The van der Waals surface area contributed by atoms with E-state index in [0.717, 1.165) is 28.3 Å². The Morgan fingerprint density at radius 1 is 1.48 bits per heavy atom. The molecule has 1 saturated heterocycles. The van der Waals surface area contributed by atoms with Crippen LogP contribution in [0.3, 0.4) is 0 Å². The summed E-state index contributed by atoms with van der Waals surface area (Å²) in [7, 11) is -1.76. The number of rotatable bonds is 4. The Kier molecular flexibility index (Phi) is 3.85. The Hall–Kier alpha value is -1.25. The molecular formula is C13H18N4O2S2. The van der Waals surface area contributed by atoms with Gasteiger partial charge in [0.2, 0.25) is 10.0 Å². The summed E-state index contributed by atoms with van der Waals surface area (Å²) >= 11 is 1.59. The van der Waals surface area contributed by atoms with Crippen molar-refractivity contribution < 1.29 is 8.42 Å². The molecule has 3 rings (SSSR count). The van der Waals surface area contributed by atoms with Gasteiger partial charge in [-0.15, -0.1) is 11.3 Å². The summed E-state index contributed by atoms with van der Waals surface area (Å²) in [5, 5.41) is 2.64. The highest BCUT2D eigenvalue weighted by molar-refractivity contribution is 7.90. The van der Waals surface area contributed by atoms with Gasteiger partial charge in [-0.1, -0.05) is 6.92 Å². The molecule has 1 fully saturated rings. The Labute approximate surface area is 128 Å². The van der Waals surface area contributed by atoms with E-state index in [4.69, 9.17) is 0 Å². The number of hydrogen-bond acceptors (Lipinski definition) is 6. The third kappa shape index (κ3) is 2.63. The second-order valence-electron chi connectivity index (χ2n) is 5.06. The number of nitrogens with zero attached hydrogens (tertiary/aromatic N) is 3. The summed E-state index contributed by atoms with van der Waals surface area (Å²) < 4.78 is 26.3. The molecule has 0 amide bonds. The fraction of sp³-hybridized carbons (Fsp3) is 0.538. The van der Waals surface area contributed by atoms with E-state index in [2.05, 4.69) is 19.6 Å². The number of sulfonamides is 1. The van der Waals surface area contributed by atoms with Gasteiger partial charge in [0.1, 0.15) is 16.5 Å². The van der Waals surface area contributed by atoms with Crippen LogP contribution >= 0.6 is 11.3 Å². The van der Waals surface area contributed by atoms with Crippen molar-refractivity contribution in [3.8, 4) is 0 Å². The standard InChI is InChI=1S/C13H18N4O2S2/c1-3-11-15-12(10-5-7-20-13(10)16-11)17-6-4-9(8-17)21(18,19)14-2/h5,7,9,14H,3-4,6,8H2,1-2H3/t9-/m0/s1. The molecular weight excluding hydrogens is 308 g/mol. The lowest BCUT2D eigenvalue weighted by molar-refractivity contribution is 0.575. The molecule has 2 aromatic heterocycles. The van der Waals surface area contributed by atoms with Crippen LogP contribution in [0.4, 0.5) is 5.82 Å². The van der Waals surface area contributed by atoms with Crippen LogP contribution < -0.4 is 9.62 Å². The largest absolute Gasteiger partial charge is 0.355 e. The smallest absolute Gasteiger partial charge is 0.216 e. The van der Waals surface area contributed by atoms with E-state index in [1.807, 2.05) is 18.4 Å². The van der Waals surface area contributed by atoms with Gasteiger partial charge >= 0.3 is 0 Å². The zero-order valence-electron chi connectivity index (χ0n) is 12.0. The summed E-state index contributed by atoms with van der Waals surface area (Å²) in [5.74, 6) is 1.67. The molecule has 1 atom stereocenters.